The maximum absolute atomic E-state index is 10.6. The number of rotatable bonds is 13. The van der Waals surface area contributed by atoms with Crippen LogP contribution in [0.15, 0.2) is 0 Å². The van der Waals surface area contributed by atoms with Crippen molar-refractivity contribution in [2.45, 2.75) is 46.4 Å². The molecule has 0 unspecified atom stereocenters. The van der Waals surface area contributed by atoms with Crippen molar-refractivity contribution >= 4 is 29.5 Å². The van der Waals surface area contributed by atoms with Crippen LogP contribution >= 0.6 is 0 Å². The van der Waals surface area contributed by atoms with Crippen LogP contribution in [0.5, 0.6) is 0 Å². The second kappa shape index (κ2) is 14.2. The van der Waals surface area contributed by atoms with Crippen LogP contribution in [-0.2, 0) is 36.1 Å². The largest absolute Gasteiger partial charge is 0.501 e. The topological polar surface area (TPSA) is 130 Å². The monoisotopic (exact) mass is 416 g/mol. The smallest absolute Gasteiger partial charge is 0.479 e. The molecular weight excluding hydrogens is 384 g/mol. The Labute approximate surface area is 157 Å². The molecule has 10 nitrogen and oxygen atoms in total. The van der Waals surface area contributed by atoms with Gasteiger partial charge in [0.05, 0.1) is 0 Å². The van der Waals surface area contributed by atoms with Crippen molar-refractivity contribution in [1.82, 2.24) is 0 Å². The van der Waals surface area contributed by atoms with Crippen LogP contribution in [0.1, 0.15) is 27.7 Å². The molecule has 0 aliphatic carbocycles. The molecule has 0 atom stereocenters. The van der Waals surface area contributed by atoms with Crippen LogP contribution in [0.2, 0.25) is 12.6 Å². The Bertz CT molecular complexity index is 364. The summed E-state index contributed by atoms with van der Waals surface area (Å²) >= 11 is 0. The van der Waals surface area contributed by atoms with E-state index in [0.717, 1.165) is 0 Å². The minimum atomic E-state index is -3.17. The van der Waals surface area contributed by atoms with Crippen molar-refractivity contribution in [2.75, 3.05) is 34.0 Å². The highest BCUT2D eigenvalue weighted by atomic mass is 28.4. The normalized spacial score (nSPS) is 11.8. The fraction of sp³-hybridized carbons (Fsp3) is 0.857. The maximum Gasteiger partial charge on any atom is 0.501 e. The molecule has 0 aliphatic rings. The van der Waals surface area contributed by atoms with Crippen LogP contribution in [0.25, 0.3) is 0 Å². The first-order chi connectivity index (χ1) is 12.1. The molecule has 0 rings (SSSR count). The van der Waals surface area contributed by atoms with Gasteiger partial charge in [0.25, 0.3) is 0 Å². The molecule has 0 aromatic rings. The molecule has 26 heavy (non-hydrogen) atoms. The quantitative estimate of drug-likeness (QED) is 0.336. The van der Waals surface area contributed by atoms with Gasteiger partial charge in [-0.15, -0.1) is 0 Å². The fourth-order valence-corrected chi connectivity index (χ4v) is 5.34. The molecule has 0 saturated heterocycles. The van der Waals surface area contributed by atoms with Crippen LogP contribution in [0.4, 0.5) is 0 Å². The first-order valence-electron chi connectivity index (χ1n) is 8.26. The van der Waals surface area contributed by atoms with Gasteiger partial charge in [0.15, 0.2) is 0 Å². The van der Waals surface area contributed by atoms with Crippen molar-refractivity contribution < 1.29 is 46.4 Å². The number of carbonyl (C=O) groups is 2. The molecule has 156 valence electrons. The van der Waals surface area contributed by atoms with Crippen molar-refractivity contribution in [3.63, 3.8) is 0 Å². The van der Waals surface area contributed by atoms with E-state index in [-0.39, 0.29) is 6.04 Å². The maximum atomic E-state index is 10.6. The summed E-state index contributed by atoms with van der Waals surface area (Å²) in [6, 6.07) is 0.289. The lowest BCUT2D eigenvalue weighted by Crippen LogP contribution is -2.50. The highest BCUT2D eigenvalue weighted by Crippen LogP contribution is 2.15. The summed E-state index contributed by atoms with van der Waals surface area (Å²) in [5.41, 5.74) is 0. The summed E-state index contributed by atoms with van der Waals surface area (Å²) < 4.78 is 31.0. The van der Waals surface area contributed by atoms with E-state index in [4.69, 9.17) is 36.8 Å². The number of aliphatic carboxylic acids is 2. The second-order valence-corrected chi connectivity index (χ2v) is 10.5. The average molecular weight is 417 g/mol. The number of carboxylic acids is 2. The minimum Gasteiger partial charge on any atom is -0.479 e. The van der Waals surface area contributed by atoms with E-state index in [2.05, 4.69) is 0 Å². The molecule has 0 radical (unpaired) electrons. The van der Waals surface area contributed by atoms with Gasteiger partial charge in [-0.3, -0.25) is 0 Å². The van der Waals surface area contributed by atoms with Crippen LogP contribution in [0.3, 0.4) is 0 Å². The van der Waals surface area contributed by atoms with Crippen molar-refractivity contribution in [3.8, 4) is 0 Å². The van der Waals surface area contributed by atoms with Crippen LogP contribution < -0.4 is 0 Å². The standard InChI is InChI=1S/C7H14O7Si.C7H18O3Si/c1-4-15(12-2,13-3)14-5(6(8)9)7(10)11;1-5-8-11(4,9-6-2)10-7-3/h5H,4H2,1-3H3,(H,8,9)(H,10,11);5-7H2,1-4H3. The molecule has 0 heterocycles. The Balaban J connectivity index is 0. The average Bonchev–Trinajstić information content (AvgIpc) is 2.57. The third-order valence-corrected chi connectivity index (χ3v) is 8.16. The van der Waals surface area contributed by atoms with Crippen molar-refractivity contribution in [3.05, 3.63) is 0 Å². The molecule has 0 spiro atoms. The molecule has 12 heteroatoms. The van der Waals surface area contributed by atoms with Gasteiger partial charge in [-0.05, 0) is 20.8 Å². The lowest BCUT2D eigenvalue weighted by Gasteiger charge is -2.26. The third kappa shape index (κ3) is 10.3. The second-order valence-electron chi connectivity index (χ2n) is 4.78. The van der Waals surface area contributed by atoms with Gasteiger partial charge in [-0.1, -0.05) is 6.92 Å². The number of carboxylic acid groups (broad SMARTS) is 2. The molecule has 0 saturated carbocycles. The lowest BCUT2D eigenvalue weighted by molar-refractivity contribution is -0.162. The van der Waals surface area contributed by atoms with Crippen molar-refractivity contribution in [1.29, 1.82) is 0 Å². The van der Waals surface area contributed by atoms with E-state index in [1.807, 2.05) is 27.3 Å². The Hall–Kier alpha value is -0.866. The molecule has 0 aromatic carbocycles. The molecule has 0 aromatic heterocycles. The molecule has 0 aliphatic heterocycles. The predicted octanol–water partition coefficient (Wildman–Crippen LogP) is 1.46. The minimum absolute atomic E-state index is 0.289. The molecular formula is C14H32O10Si2. The van der Waals surface area contributed by atoms with Crippen LogP contribution in [-0.4, -0.2) is 79.9 Å². The van der Waals surface area contributed by atoms with Gasteiger partial charge >= 0.3 is 29.5 Å². The molecule has 2 N–H and O–H groups in total. The molecule has 0 amide bonds. The lowest BCUT2D eigenvalue weighted by atomic mass is 10.4. The summed E-state index contributed by atoms with van der Waals surface area (Å²) in [5, 5.41) is 17.2. The van der Waals surface area contributed by atoms with Crippen LogP contribution in [0, 0.1) is 0 Å². The Morgan fingerprint density at radius 2 is 1.19 bits per heavy atom. The van der Waals surface area contributed by atoms with Gasteiger partial charge in [-0.2, -0.15) is 0 Å². The van der Waals surface area contributed by atoms with Gasteiger partial charge in [0.1, 0.15) is 0 Å². The van der Waals surface area contributed by atoms with Gasteiger partial charge in [-0.25, -0.2) is 9.59 Å². The summed E-state index contributed by atoms with van der Waals surface area (Å²) in [4.78, 5) is 21.1. The highest BCUT2D eigenvalue weighted by Gasteiger charge is 2.44. The molecule has 0 bridgehead atoms. The summed E-state index contributed by atoms with van der Waals surface area (Å²) in [6.45, 7) is 11.4. The third-order valence-electron chi connectivity index (χ3n) is 3.02. The van der Waals surface area contributed by atoms with Gasteiger partial charge in [0, 0.05) is 46.6 Å². The zero-order valence-corrected chi connectivity index (χ0v) is 18.6. The number of hydrogen-bond donors (Lipinski definition) is 2. The van der Waals surface area contributed by atoms with E-state index < -0.39 is 35.7 Å². The summed E-state index contributed by atoms with van der Waals surface area (Å²) in [5.74, 6) is -3.16. The summed E-state index contributed by atoms with van der Waals surface area (Å²) in [7, 11) is -2.83. The zero-order valence-electron chi connectivity index (χ0n) is 16.6. The predicted molar refractivity (Wildman–Crippen MR) is 96.9 cm³/mol. The Morgan fingerprint density at radius 1 is 0.846 bits per heavy atom. The van der Waals surface area contributed by atoms with Crippen molar-refractivity contribution in [2.24, 2.45) is 0 Å². The van der Waals surface area contributed by atoms with E-state index in [1.165, 1.54) is 14.2 Å². The Morgan fingerprint density at radius 3 is 1.38 bits per heavy atom. The fourth-order valence-electron chi connectivity index (χ4n) is 1.85. The first kappa shape index (κ1) is 27.4. The summed E-state index contributed by atoms with van der Waals surface area (Å²) in [6.07, 6.45) is -1.96. The first-order valence-corrected chi connectivity index (χ1v) is 12.4. The number of hydrogen-bond acceptors (Lipinski definition) is 8. The van der Waals surface area contributed by atoms with E-state index >= 15 is 0 Å². The molecule has 0 fully saturated rings. The SMILES string of the molecule is CCO[Si](C)(OCC)OCC.CC[Si](OC)(OC)OC(C(=O)O)C(=O)O. The van der Waals surface area contributed by atoms with E-state index in [1.54, 1.807) is 6.92 Å². The highest BCUT2D eigenvalue weighted by molar-refractivity contribution is 6.61. The van der Waals surface area contributed by atoms with Gasteiger partial charge in [0.2, 0.25) is 6.10 Å². The zero-order chi connectivity index (χ0) is 20.8. The Kier molecular flexibility index (Phi) is 15.0. The van der Waals surface area contributed by atoms with E-state index in [0.29, 0.717) is 19.8 Å². The van der Waals surface area contributed by atoms with Gasteiger partial charge < -0.3 is 36.8 Å². The van der Waals surface area contributed by atoms with E-state index in [9.17, 15) is 9.59 Å².